The van der Waals surface area contributed by atoms with Crippen LogP contribution in [0.1, 0.15) is 49.4 Å². The summed E-state index contributed by atoms with van der Waals surface area (Å²) in [5, 5.41) is 3.92. The number of hydrogen-bond donors (Lipinski definition) is 1. The highest BCUT2D eigenvalue weighted by Gasteiger charge is 2.16. The predicted octanol–water partition coefficient (Wildman–Crippen LogP) is 3.43. The van der Waals surface area contributed by atoms with Crippen molar-refractivity contribution < 1.29 is 9.57 Å². The van der Waals surface area contributed by atoms with Crippen LogP contribution in [0.15, 0.2) is 17.3 Å². The Balaban J connectivity index is 2.77. The maximum absolute atomic E-state index is 5.73. The molecule has 21 heavy (non-hydrogen) atoms. The fraction of sp³-hybridized carbons (Fsp3) is 0.588. The van der Waals surface area contributed by atoms with Gasteiger partial charge in [0.2, 0.25) is 0 Å². The first-order valence-corrected chi connectivity index (χ1v) is 7.29. The standard InChI is InChI=1S/C17H28N2O2/c1-12-9-14(17(3,4)5)10-13(2)15(12)11-21-19-16(18)7-8-20-6/h9-10H,7-8,11H2,1-6H3,(H2,18,19). The predicted molar refractivity (Wildman–Crippen MR) is 87.5 cm³/mol. The minimum atomic E-state index is 0.150. The van der Waals surface area contributed by atoms with Crippen molar-refractivity contribution in [3.63, 3.8) is 0 Å². The van der Waals surface area contributed by atoms with Crippen LogP contribution in [0.3, 0.4) is 0 Å². The molecule has 4 nitrogen and oxygen atoms in total. The maximum Gasteiger partial charge on any atom is 0.142 e. The van der Waals surface area contributed by atoms with E-state index in [1.807, 2.05) is 0 Å². The first-order chi connectivity index (χ1) is 9.75. The van der Waals surface area contributed by atoms with E-state index >= 15 is 0 Å². The number of hydrogen-bond acceptors (Lipinski definition) is 3. The van der Waals surface area contributed by atoms with Gasteiger partial charge >= 0.3 is 0 Å². The van der Waals surface area contributed by atoms with Crippen LogP contribution in [0.5, 0.6) is 0 Å². The summed E-state index contributed by atoms with van der Waals surface area (Å²) in [6.45, 7) is 11.9. The first-order valence-electron chi connectivity index (χ1n) is 7.29. The van der Waals surface area contributed by atoms with Crippen molar-refractivity contribution in [3.05, 3.63) is 34.4 Å². The van der Waals surface area contributed by atoms with Gasteiger partial charge in [0.05, 0.1) is 6.61 Å². The molecule has 0 radical (unpaired) electrons. The van der Waals surface area contributed by atoms with Crippen LogP contribution >= 0.6 is 0 Å². The second-order valence-corrected chi connectivity index (χ2v) is 6.44. The lowest BCUT2D eigenvalue weighted by Gasteiger charge is -2.22. The Labute approximate surface area is 128 Å². The average Bonchev–Trinajstić information content (AvgIpc) is 2.38. The zero-order chi connectivity index (χ0) is 16.0. The van der Waals surface area contributed by atoms with E-state index in [9.17, 15) is 0 Å². The molecule has 0 saturated carbocycles. The lowest BCUT2D eigenvalue weighted by Crippen LogP contribution is -2.15. The van der Waals surface area contributed by atoms with Crippen LogP contribution in [0.25, 0.3) is 0 Å². The maximum atomic E-state index is 5.73. The number of amidine groups is 1. The molecule has 4 heteroatoms. The van der Waals surface area contributed by atoms with Gasteiger partial charge in [-0.15, -0.1) is 0 Å². The van der Waals surface area contributed by atoms with Crippen LogP contribution in [-0.2, 0) is 21.6 Å². The number of nitrogens with zero attached hydrogens (tertiary/aromatic N) is 1. The molecule has 118 valence electrons. The molecule has 0 atom stereocenters. The number of ether oxygens (including phenoxy) is 1. The molecule has 0 aliphatic heterocycles. The van der Waals surface area contributed by atoms with Crippen molar-refractivity contribution in [3.8, 4) is 0 Å². The van der Waals surface area contributed by atoms with Crippen molar-refractivity contribution in [2.75, 3.05) is 13.7 Å². The SMILES string of the molecule is COCC/C(N)=N/OCc1c(C)cc(C(C)(C)C)cc1C. The van der Waals surface area contributed by atoms with Crippen LogP contribution < -0.4 is 5.73 Å². The number of rotatable bonds is 6. The molecule has 1 aromatic rings. The van der Waals surface area contributed by atoms with Gasteiger partial charge in [0.25, 0.3) is 0 Å². The van der Waals surface area contributed by atoms with E-state index < -0.39 is 0 Å². The second-order valence-electron chi connectivity index (χ2n) is 6.44. The molecule has 0 aliphatic carbocycles. The Morgan fingerprint density at radius 1 is 1.19 bits per heavy atom. The Kier molecular flexibility index (Phi) is 6.21. The Bertz CT molecular complexity index is 479. The van der Waals surface area contributed by atoms with Crippen molar-refractivity contribution in [1.29, 1.82) is 0 Å². The topological polar surface area (TPSA) is 56.8 Å². The summed E-state index contributed by atoms with van der Waals surface area (Å²) >= 11 is 0. The summed E-state index contributed by atoms with van der Waals surface area (Å²) < 4.78 is 4.94. The fourth-order valence-corrected chi connectivity index (χ4v) is 2.09. The van der Waals surface area contributed by atoms with E-state index in [2.05, 4.69) is 51.9 Å². The average molecular weight is 292 g/mol. The minimum Gasteiger partial charge on any atom is -0.389 e. The molecule has 0 aliphatic rings. The highest BCUT2D eigenvalue weighted by atomic mass is 16.6. The van der Waals surface area contributed by atoms with Gasteiger partial charge in [0.1, 0.15) is 12.4 Å². The number of nitrogens with two attached hydrogens (primary N) is 1. The number of aryl methyl sites for hydroxylation is 2. The van der Waals surface area contributed by atoms with Gasteiger partial charge in [0, 0.05) is 13.5 Å². The summed E-state index contributed by atoms with van der Waals surface area (Å²) in [5.41, 5.74) is 10.8. The molecule has 2 N–H and O–H groups in total. The zero-order valence-corrected chi connectivity index (χ0v) is 14.1. The van der Waals surface area contributed by atoms with Crippen molar-refractivity contribution in [2.24, 2.45) is 10.9 Å². The minimum absolute atomic E-state index is 0.150. The van der Waals surface area contributed by atoms with Crippen molar-refractivity contribution in [1.82, 2.24) is 0 Å². The smallest absolute Gasteiger partial charge is 0.142 e. The van der Waals surface area contributed by atoms with E-state index in [1.54, 1.807) is 7.11 Å². The zero-order valence-electron chi connectivity index (χ0n) is 14.1. The summed E-state index contributed by atoms with van der Waals surface area (Å²) in [5.74, 6) is 0.457. The van der Waals surface area contributed by atoms with E-state index in [1.165, 1.54) is 22.3 Å². The fourth-order valence-electron chi connectivity index (χ4n) is 2.09. The third kappa shape index (κ3) is 5.38. The molecule has 1 rings (SSSR count). The van der Waals surface area contributed by atoms with Crippen LogP contribution in [0, 0.1) is 13.8 Å². The number of methoxy groups -OCH3 is 1. The summed E-state index contributed by atoms with van der Waals surface area (Å²) in [6.07, 6.45) is 0.581. The molecule has 0 fully saturated rings. The van der Waals surface area contributed by atoms with Gasteiger partial charge in [-0.2, -0.15) is 0 Å². The molecule has 1 aromatic carbocycles. The van der Waals surface area contributed by atoms with E-state index in [-0.39, 0.29) is 5.41 Å². The highest BCUT2D eigenvalue weighted by Crippen LogP contribution is 2.27. The summed E-state index contributed by atoms with van der Waals surface area (Å²) in [6, 6.07) is 4.45. The van der Waals surface area contributed by atoms with Gasteiger partial charge in [-0.3, -0.25) is 0 Å². The molecule has 0 spiro atoms. The van der Waals surface area contributed by atoms with Crippen molar-refractivity contribution in [2.45, 2.75) is 53.1 Å². The molecule has 0 amide bonds. The molecule has 0 saturated heterocycles. The van der Waals surface area contributed by atoms with Gasteiger partial charge in [-0.25, -0.2) is 0 Å². The number of oxime groups is 1. The van der Waals surface area contributed by atoms with Crippen LogP contribution in [0.4, 0.5) is 0 Å². The van der Waals surface area contributed by atoms with E-state index in [4.69, 9.17) is 15.3 Å². The monoisotopic (exact) mass is 292 g/mol. The van der Waals surface area contributed by atoms with Gasteiger partial charge in [0.15, 0.2) is 0 Å². The Hall–Kier alpha value is -1.55. The molecule has 0 bridgehead atoms. The summed E-state index contributed by atoms with van der Waals surface area (Å²) in [4.78, 5) is 5.37. The lowest BCUT2D eigenvalue weighted by atomic mass is 9.84. The molecule has 0 unspecified atom stereocenters. The number of benzene rings is 1. The quantitative estimate of drug-likeness (QED) is 0.496. The van der Waals surface area contributed by atoms with Gasteiger partial charge in [-0.1, -0.05) is 38.1 Å². The van der Waals surface area contributed by atoms with Crippen LogP contribution in [0.2, 0.25) is 0 Å². The molecule has 0 aromatic heterocycles. The van der Waals surface area contributed by atoms with E-state index in [0.717, 1.165) is 0 Å². The Morgan fingerprint density at radius 3 is 2.24 bits per heavy atom. The molecular weight excluding hydrogens is 264 g/mol. The first kappa shape index (κ1) is 17.5. The lowest BCUT2D eigenvalue weighted by molar-refractivity contribution is 0.127. The third-order valence-electron chi connectivity index (χ3n) is 3.52. The summed E-state index contributed by atoms with van der Waals surface area (Å²) in [7, 11) is 1.64. The second kappa shape index (κ2) is 7.46. The highest BCUT2D eigenvalue weighted by molar-refractivity contribution is 5.79. The normalized spacial score (nSPS) is 12.6. The molecular formula is C17H28N2O2. The third-order valence-corrected chi connectivity index (χ3v) is 3.52. The largest absolute Gasteiger partial charge is 0.389 e. The van der Waals surface area contributed by atoms with E-state index in [0.29, 0.717) is 25.5 Å². The van der Waals surface area contributed by atoms with Crippen molar-refractivity contribution >= 4 is 5.84 Å². The van der Waals surface area contributed by atoms with Gasteiger partial charge in [-0.05, 0) is 41.5 Å². The molecule has 0 heterocycles. The van der Waals surface area contributed by atoms with Crippen LogP contribution in [-0.4, -0.2) is 19.6 Å². The van der Waals surface area contributed by atoms with Gasteiger partial charge < -0.3 is 15.3 Å². The Morgan fingerprint density at radius 2 is 1.76 bits per heavy atom.